The third-order valence-corrected chi connectivity index (χ3v) is 2.72. The van der Waals surface area contributed by atoms with Gasteiger partial charge in [0.05, 0.1) is 6.61 Å². The summed E-state index contributed by atoms with van der Waals surface area (Å²) in [5, 5.41) is 8.91. The van der Waals surface area contributed by atoms with Crippen molar-refractivity contribution in [1.82, 2.24) is 4.90 Å². The summed E-state index contributed by atoms with van der Waals surface area (Å²) < 4.78 is 0. The van der Waals surface area contributed by atoms with Crippen LogP contribution in [0.3, 0.4) is 0 Å². The lowest BCUT2D eigenvalue weighted by molar-refractivity contribution is 0.197. The average Bonchev–Trinajstić information content (AvgIpc) is 2.29. The first-order chi connectivity index (χ1) is 7.67. The summed E-state index contributed by atoms with van der Waals surface area (Å²) in [5.74, 6) is 0. The first-order valence-electron chi connectivity index (χ1n) is 5.39. The first kappa shape index (κ1) is 13.1. The molecular formula is C12H18N2OS. The lowest BCUT2D eigenvalue weighted by Gasteiger charge is -2.19. The van der Waals surface area contributed by atoms with Crippen molar-refractivity contribution in [1.29, 1.82) is 0 Å². The minimum atomic E-state index is 0.183. The van der Waals surface area contributed by atoms with Gasteiger partial charge in [0.2, 0.25) is 0 Å². The molecular weight excluding hydrogens is 220 g/mol. The zero-order valence-corrected chi connectivity index (χ0v) is 10.3. The molecule has 0 unspecified atom stereocenters. The summed E-state index contributed by atoms with van der Waals surface area (Å²) in [7, 11) is 0. The monoisotopic (exact) mass is 238 g/mol. The predicted octanol–water partition coefficient (Wildman–Crippen LogP) is 1.14. The SMILES string of the molecule is CCN(CCO)Cc1cccc(C(N)=S)c1. The Kier molecular flexibility index (Phi) is 5.38. The van der Waals surface area contributed by atoms with Crippen molar-refractivity contribution in [2.24, 2.45) is 5.73 Å². The molecule has 0 aliphatic carbocycles. The number of hydrogen-bond acceptors (Lipinski definition) is 3. The molecule has 0 heterocycles. The summed E-state index contributed by atoms with van der Waals surface area (Å²) in [5.41, 5.74) is 7.65. The van der Waals surface area contributed by atoms with E-state index in [0.29, 0.717) is 11.5 Å². The molecule has 0 bridgehead atoms. The molecule has 3 N–H and O–H groups in total. The standard InChI is InChI=1S/C12H18N2OS/c1-2-14(6-7-15)9-10-4-3-5-11(8-10)12(13)16/h3-5,8,15H,2,6-7,9H2,1H3,(H2,13,16). The molecule has 0 aliphatic rings. The molecule has 1 rings (SSSR count). The fourth-order valence-electron chi connectivity index (χ4n) is 1.57. The summed E-state index contributed by atoms with van der Waals surface area (Å²) >= 11 is 4.94. The van der Waals surface area contributed by atoms with E-state index in [4.69, 9.17) is 23.1 Å². The smallest absolute Gasteiger partial charge is 0.103 e. The minimum absolute atomic E-state index is 0.183. The maximum Gasteiger partial charge on any atom is 0.103 e. The highest BCUT2D eigenvalue weighted by Gasteiger charge is 2.04. The maximum absolute atomic E-state index is 8.91. The van der Waals surface area contributed by atoms with Gasteiger partial charge in [0.15, 0.2) is 0 Å². The van der Waals surface area contributed by atoms with E-state index in [1.165, 1.54) is 5.56 Å². The maximum atomic E-state index is 8.91. The highest BCUT2D eigenvalue weighted by Crippen LogP contribution is 2.08. The Balaban J connectivity index is 2.72. The average molecular weight is 238 g/mol. The van der Waals surface area contributed by atoms with E-state index in [1.54, 1.807) is 0 Å². The second-order valence-corrected chi connectivity index (χ2v) is 4.10. The number of likely N-dealkylation sites (N-methyl/N-ethyl adjacent to an activating group) is 1. The van der Waals surface area contributed by atoms with Crippen molar-refractivity contribution in [2.45, 2.75) is 13.5 Å². The molecule has 0 aliphatic heterocycles. The zero-order valence-electron chi connectivity index (χ0n) is 9.52. The summed E-state index contributed by atoms with van der Waals surface area (Å²) in [4.78, 5) is 2.59. The van der Waals surface area contributed by atoms with Gasteiger partial charge in [0.25, 0.3) is 0 Å². The van der Waals surface area contributed by atoms with E-state index in [0.717, 1.165) is 18.7 Å². The molecule has 1 aromatic carbocycles. The van der Waals surface area contributed by atoms with Gasteiger partial charge in [-0.05, 0) is 18.2 Å². The topological polar surface area (TPSA) is 49.5 Å². The molecule has 0 saturated heterocycles. The predicted molar refractivity (Wildman–Crippen MR) is 70.4 cm³/mol. The van der Waals surface area contributed by atoms with Crippen LogP contribution in [0.4, 0.5) is 0 Å². The molecule has 1 aromatic rings. The molecule has 16 heavy (non-hydrogen) atoms. The lowest BCUT2D eigenvalue weighted by atomic mass is 10.1. The van der Waals surface area contributed by atoms with Gasteiger partial charge < -0.3 is 10.8 Å². The Morgan fingerprint density at radius 2 is 2.25 bits per heavy atom. The van der Waals surface area contributed by atoms with E-state index in [-0.39, 0.29) is 6.61 Å². The normalized spacial score (nSPS) is 10.7. The van der Waals surface area contributed by atoms with Gasteiger partial charge in [-0.1, -0.05) is 37.3 Å². The molecule has 0 saturated carbocycles. The van der Waals surface area contributed by atoms with E-state index in [2.05, 4.69) is 11.8 Å². The number of nitrogens with two attached hydrogens (primary N) is 1. The number of benzene rings is 1. The Labute approximate surface area is 102 Å². The molecule has 88 valence electrons. The Bertz CT molecular complexity index is 355. The van der Waals surface area contributed by atoms with Crippen LogP contribution in [-0.4, -0.2) is 34.7 Å². The Hall–Kier alpha value is -0.970. The van der Waals surface area contributed by atoms with Gasteiger partial charge in [0, 0.05) is 18.7 Å². The Morgan fingerprint density at radius 3 is 2.81 bits per heavy atom. The van der Waals surface area contributed by atoms with Crippen LogP contribution >= 0.6 is 12.2 Å². The van der Waals surface area contributed by atoms with Crippen molar-refractivity contribution in [3.05, 3.63) is 35.4 Å². The molecule has 0 atom stereocenters. The molecule has 0 amide bonds. The molecule has 0 fully saturated rings. The van der Waals surface area contributed by atoms with Gasteiger partial charge in [-0.3, -0.25) is 4.90 Å². The van der Waals surface area contributed by atoms with Crippen molar-refractivity contribution >= 4 is 17.2 Å². The third kappa shape index (κ3) is 3.89. The highest BCUT2D eigenvalue weighted by atomic mass is 32.1. The second kappa shape index (κ2) is 6.58. The quantitative estimate of drug-likeness (QED) is 0.730. The number of nitrogens with zero attached hydrogens (tertiary/aromatic N) is 1. The van der Waals surface area contributed by atoms with Gasteiger partial charge in [-0.2, -0.15) is 0 Å². The number of hydrogen-bond donors (Lipinski definition) is 2. The van der Waals surface area contributed by atoms with Crippen molar-refractivity contribution in [3.63, 3.8) is 0 Å². The number of thiocarbonyl (C=S) groups is 1. The lowest BCUT2D eigenvalue weighted by Crippen LogP contribution is -2.26. The number of aliphatic hydroxyl groups excluding tert-OH is 1. The van der Waals surface area contributed by atoms with Crippen molar-refractivity contribution < 1.29 is 5.11 Å². The Morgan fingerprint density at radius 1 is 1.50 bits per heavy atom. The first-order valence-corrected chi connectivity index (χ1v) is 5.80. The minimum Gasteiger partial charge on any atom is -0.395 e. The van der Waals surface area contributed by atoms with Crippen LogP contribution in [-0.2, 0) is 6.54 Å². The zero-order chi connectivity index (χ0) is 12.0. The fourth-order valence-corrected chi connectivity index (χ4v) is 1.70. The van der Waals surface area contributed by atoms with Crippen LogP contribution in [0.5, 0.6) is 0 Å². The molecule has 0 aromatic heterocycles. The van der Waals surface area contributed by atoms with Crippen LogP contribution in [0.15, 0.2) is 24.3 Å². The summed E-state index contributed by atoms with van der Waals surface area (Å²) in [6.07, 6.45) is 0. The van der Waals surface area contributed by atoms with Gasteiger partial charge in [0.1, 0.15) is 4.99 Å². The van der Waals surface area contributed by atoms with Crippen molar-refractivity contribution in [2.75, 3.05) is 19.7 Å². The van der Waals surface area contributed by atoms with Crippen LogP contribution in [0, 0.1) is 0 Å². The molecule has 0 radical (unpaired) electrons. The highest BCUT2D eigenvalue weighted by molar-refractivity contribution is 7.80. The fraction of sp³-hybridized carbons (Fsp3) is 0.417. The molecule has 4 heteroatoms. The van der Waals surface area contributed by atoms with Crippen molar-refractivity contribution in [3.8, 4) is 0 Å². The third-order valence-electron chi connectivity index (χ3n) is 2.48. The van der Waals surface area contributed by atoms with E-state index >= 15 is 0 Å². The second-order valence-electron chi connectivity index (χ2n) is 3.66. The van der Waals surface area contributed by atoms with Crippen LogP contribution in [0.25, 0.3) is 0 Å². The van der Waals surface area contributed by atoms with E-state index in [1.807, 2.05) is 24.3 Å². The largest absolute Gasteiger partial charge is 0.395 e. The van der Waals surface area contributed by atoms with Crippen LogP contribution in [0.1, 0.15) is 18.1 Å². The van der Waals surface area contributed by atoms with Crippen LogP contribution in [0.2, 0.25) is 0 Å². The van der Waals surface area contributed by atoms with E-state index in [9.17, 15) is 0 Å². The van der Waals surface area contributed by atoms with Gasteiger partial charge >= 0.3 is 0 Å². The molecule has 3 nitrogen and oxygen atoms in total. The van der Waals surface area contributed by atoms with Gasteiger partial charge in [-0.25, -0.2) is 0 Å². The van der Waals surface area contributed by atoms with Gasteiger partial charge in [-0.15, -0.1) is 0 Å². The number of aliphatic hydroxyl groups is 1. The summed E-state index contributed by atoms with van der Waals surface area (Å²) in [6, 6.07) is 7.91. The number of rotatable bonds is 6. The van der Waals surface area contributed by atoms with Crippen LogP contribution < -0.4 is 5.73 Å². The van der Waals surface area contributed by atoms with E-state index < -0.39 is 0 Å². The molecule has 0 spiro atoms. The summed E-state index contributed by atoms with van der Waals surface area (Å²) in [6.45, 7) is 4.68.